The lowest BCUT2D eigenvalue weighted by Gasteiger charge is -2.00. The minimum absolute atomic E-state index is 0.00358. The van der Waals surface area contributed by atoms with E-state index in [4.69, 9.17) is 26.7 Å². The summed E-state index contributed by atoms with van der Waals surface area (Å²) in [6.45, 7) is 0. The summed E-state index contributed by atoms with van der Waals surface area (Å²) >= 11 is 1.57. The maximum atomic E-state index is 7.52. The number of oxazole rings is 1. The first kappa shape index (κ1) is 16.0. The average molecular weight is 361 g/mol. The van der Waals surface area contributed by atoms with E-state index in [1.54, 1.807) is 29.5 Å². The van der Waals surface area contributed by atoms with Crippen LogP contribution in [0.25, 0.3) is 32.3 Å². The minimum atomic E-state index is 0.00358. The van der Waals surface area contributed by atoms with Crippen molar-refractivity contribution in [3.05, 3.63) is 65.7 Å². The largest absolute Gasteiger partial charge is 0.435 e. The van der Waals surface area contributed by atoms with E-state index in [1.807, 2.05) is 36.4 Å². The van der Waals surface area contributed by atoms with Gasteiger partial charge in [0.25, 0.3) is 0 Å². The van der Waals surface area contributed by atoms with Crippen LogP contribution in [0, 0.1) is 10.8 Å². The zero-order valence-electron chi connectivity index (χ0n) is 13.6. The van der Waals surface area contributed by atoms with Crippen LogP contribution < -0.4 is 11.5 Å². The van der Waals surface area contributed by atoms with Crippen LogP contribution in [0.3, 0.4) is 0 Å². The quantitative estimate of drug-likeness (QED) is 0.326. The zero-order chi connectivity index (χ0) is 18.3. The monoisotopic (exact) mass is 361 g/mol. The number of hydrogen-bond donors (Lipinski definition) is 4. The van der Waals surface area contributed by atoms with E-state index in [-0.39, 0.29) is 11.7 Å². The van der Waals surface area contributed by atoms with Crippen LogP contribution in [0.2, 0.25) is 0 Å². The molecule has 0 fully saturated rings. The lowest BCUT2D eigenvalue weighted by molar-refractivity contribution is 0.621. The number of thiophene rings is 1. The molecule has 7 heteroatoms. The lowest BCUT2D eigenvalue weighted by Crippen LogP contribution is -2.10. The van der Waals surface area contributed by atoms with Crippen LogP contribution >= 0.6 is 11.3 Å². The van der Waals surface area contributed by atoms with Crippen LogP contribution in [-0.2, 0) is 0 Å². The van der Waals surface area contributed by atoms with Crippen molar-refractivity contribution in [3.63, 3.8) is 0 Å². The number of amidine groups is 2. The van der Waals surface area contributed by atoms with Crippen LogP contribution in [-0.4, -0.2) is 16.7 Å². The summed E-state index contributed by atoms with van der Waals surface area (Å²) in [5.41, 5.74) is 14.7. The summed E-state index contributed by atoms with van der Waals surface area (Å²) in [6, 6.07) is 16.8. The first-order valence-corrected chi connectivity index (χ1v) is 8.63. The predicted molar refractivity (Wildman–Crippen MR) is 105 cm³/mol. The number of nitrogens with zero attached hydrogens (tertiary/aromatic N) is 1. The fourth-order valence-electron chi connectivity index (χ4n) is 2.62. The highest BCUT2D eigenvalue weighted by Crippen LogP contribution is 2.35. The Morgan fingerprint density at radius 3 is 2.19 bits per heavy atom. The van der Waals surface area contributed by atoms with E-state index >= 15 is 0 Å². The van der Waals surface area contributed by atoms with Gasteiger partial charge in [-0.3, -0.25) is 10.8 Å². The molecule has 2 aromatic heterocycles. The Hall–Kier alpha value is -3.45. The molecule has 4 aromatic rings. The van der Waals surface area contributed by atoms with Crippen molar-refractivity contribution in [2.75, 3.05) is 0 Å². The number of nitrogen functional groups attached to an aromatic ring is 2. The number of hydrogen-bond acceptors (Lipinski definition) is 5. The highest BCUT2D eigenvalue weighted by Gasteiger charge is 2.13. The van der Waals surface area contributed by atoms with Gasteiger partial charge in [-0.25, -0.2) is 4.98 Å². The molecular formula is C19H15N5OS. The molecule has 2 aromatic carbocycles. The van der Waals surface area contributed by atoms with Gasteiger partial charge in [0.05, 0.1) is 4.88 Å². The van der Waals surface area contributed by atoms with Gasteiger partial charge < -0.3 is 15.9 Å². The second kappa shape index (κ2) is 6.12. The van der Waals surface area contributed by atoms with Gasteiger partial charge in [-0.15, -0.1) is 11.3 Å². The Morgan fingerprint density at radius 2 is 1.50 bits per heavy atom. The third-order valence-corrected chi connectivity index (χ3v) is 5.12. The van der Waals surface area contributed by atoms with Gasteiger partial charge in [0, 0.05) is 16.0 Å². The van der Waals surface area contributed by atoms with Crippen molar-refractivity contribution in [1.82, 2.24) is 4.98 Å². The van der Waals surface area contributed by atoms with Gasteiger partial charge in [-0.2, -0.15) is 0 Å². The van der Waals surface area contributed by atoms with Gasteiger partial charge in [-0.05, 0) is 35.9 Å². The Bertz CT molecular complexity index is 1140. The normalized spacial score (nSPS) is 10.9. The molecule has 0 atom stereocenters. The first-order chi connectivity index (χ1) is 12.5. The molecule has 0 bridgehead atoms. The molecule has 6 N–H and O–H groups in total. The summed E-state index contributed by atoms with van der Waals surface area (Å²) in [4.78, 5) is 6.50. The molecule has 6 nitrogen and oxygen atoms in total. The fraction of sp³-hybridized carbons (Fsp3) is 0. The smallest absolute Gasteiger partial charge is 0.237 e. The summed E-state index contributed by atoms with van der Waals surface area (Å²) in [6.07, 6.45) is 0. The molecule has 0 saturated carbocycles. The number of fused-ring (bicyclic) bond motifs is 1. The van der Waals surface area contributed by atoms with E-state index < -0.39 is 0 Å². The Labute approximate surface area is 153 Å². The van der Waals surface area contributed by atoms with Gasteiger partial charge in [0.2, 0.25) is 5.89 Å². The Morgan fingerprint density at radius 1 is 0.846 bits per heavy atom. The molecule has 0 saturated heterocycles. The SMILES string of the molecule is N=C(N)c1ccc(-c2ccc(-c3nc4cc(C(=N)N)ccc4o3)s2)cc1. The molecular weight excluding hydrogens is 346 g/mol. The molecule has 0 aliphatic heterocycles. The van der Waals surface area contributed by atoms with E-state index in [1.165, 1.54) is 0 Å². The molecule has 2 heterocycles. The predicted octanol–water partition coefficient (Wildman–Crippen LogP) is 3.79. The second-order valence-corrected chi connectivity index (χ2v) is 6.85. The Balaban J connectivity index is 1.68. The molecule has 26 heavy (non-hydrogen) atoms. The molecule has 4 rings (SSSR count). The third kappa shape index (κ3) is 2.84. The van der Waals surface area contributed by atoms with Crippen molar-refractivity contribution in [2.45, 2.75) is 0 Å². The number of aromatic nitrogens is 1. The highest BCUT2D eigenvalue weighted by atomic mass is 32.1. The van der Waals surface area contributed by atoms with Crippen LogP contribution in [0.1, 0.15) is 11.1 Å². The van der Waals surface area contributed by atoms with Crippen molar-refractivity contribution < 1.29 is 4.42 Å². The highest BCUT2D eigenvalue weighted by molar-refractivity contribution is 7.18. The summed E-state index contributed by atoms with van der Waals surface area (Å²) in [5.74, 6) is 0.598. The summed E-state index contributed by atoms with van der Waals surface area (Å²) < 4.78 is 5.83. The molecule has 0 amide bonds. The second-order valence-electron chi connectivity index (χ2n) is 5.77. The van der Waals surface area contributed by atoms with Gasteiger partial charge in [0.1, 0.15) is 17.2 Å². The van der Waals surface area contributed by atoms with Crippen molar-refractivity contribution in [3.8, 4) is 21.2 Å². The molecule has 0 radical (unpaired) electrons. The number of benzene rings is 2. The van der Waals surface area contributed by atoms with Gasteiger partial charge in [0.15, 0.2) is 5.58 Å². The zero-order valence-corrected chi connectivity index (χ0v) is 14.4. The van der Waals surface area contributed by atoms with E-state index in [0.717, 1.165) is 15.3 Å². The number of rotatable bonds is 4. The summed E-state index contributed by atoms with van der Waals surface area (Å²) in [7, 11) is 0. The fourth-order valence-corrected chi connectivity index (χ4v) is 3.56. The van der Waals surface area contributed by atoms with Crippen LogP contribution in [0.15, 0.2) is 59.0 Å². The van der Waals surface area contributed by atoms with E-state index in [2.05, 4.69) is 4.98 Å². The lowest BCUT2D eigenvalue weighted by atomic mass is 10.1. The van der Waals surface area contributed by atoms with E-state index in [9.17, 15) is 0 Å². The van der Waals surface area contributed by atoms with Gasteiger partial charge >= 0.3 is 0 Å². The third-order valence-electron chi connectivity index (χ3n) is 4.00. The van der Waals surface area contributed by atoms with Crippen molar-refractivity contribution in [1.29, 1.82) is 10.8 Å². The topological polar surface area (TPSA) is 126 Å². The van der Waals surface area contributed by atoms with Gasteiger partial charge in [-0.1, -0.05) is 24.3 Å². The molecule has 128 valence electrons. The molecule has 0 spiro atoms. The standard InChI is InChI=1S/C19H15N5OS/c20-17(21)11-3-1-10(2-4-11)15-7-8-16(26-15)19-24-13-9-12(18(22)23)5-6-14(13)25-19/h1-9H,(H3,20,21)(H3,22,23). The average Bonchev–Trinajstić information content (AvgIpc) is 3.27. The molecule has 0 aliphatic rings. The Kier molecular flexibility index (Phi) is 3.78. The summed E-state index contributed by atoms with van der Waals surface area (Å²) in [5, 5.41) is 15.0. The number of nitrogens with one attached hydrogen (secondary N) is 2. The van der Waals surface area contributed by atoms with Crippen molar-refractivity contribution >= 4 is 34.1 Å². The minimum Gasteiger partial charge on any atom is -0.435 e. The van der Waals surface area contributed by atoms with Crippen LogP contribution in [0.4, 0.5) is 0 Å². The number of nitrogens with two attached hydrogens (primary N) is 2. The maximum Gasteiger partial charge on any atom is 0.237 e. The van der Waals surface area contributed by atoms with Crippen molar-refractivity contribution in [2.24, 2.45) is 11.5 Å². The first-order valence-electron chi connectivity index (χ1n) is 7.81. The van der Waals surface area contributed by atoms with E-state index in [0.29, 0.717) is 28.1 Å². The maximum absolute atomic E-state index is 7.52. The molecule has 0 aliphatic carbocycles. The van der Waals surface area contributed by atoms with Crippen LogP contribution in [0.5, 0.6) is 0 Å². The molecule has 0 unspecified atom stereocenters.